The maximum Gasteiger partial charge on any atom is 0.259 e. The van der Waals surface area contributed by atoms with Gasteiger partial charge in [-0.15, -0.1) is 0 Å². The molecule has 0 amide bonds. The van der Waals surface area contributed by atoms with Crippen LogP contribution in [0.4, 0.5) is 0 Å². The highest BCUT2D eigenvalue weighted by Gasteiger charge is 2.14. The second-order valence-corrected chi connectivity index (χ2v) is 4.67. The predicted molar refractivity (Wildman–Crippen MR) is 72.9 cm³/mol. The molecule has 5 heteroatoms. The van der Waals surface area contributed by atoms with Gasteiger partial charge in [-0.1, -0.05) is 6.08 Å². The quantitative estimate of drug-likeness (QED) is 0.775. The molecule has 5 nitrogen and oxygen atoms in total. The van der Waals surface area contributed by atoms with Gasteiger partial charge in [0.1, 0.15) is 11.5 Å². The Hall–Kier alpha value is -2.01. The van der Waals surface area contributed by atoms with E-state index < -0.39 is 0 Å². The predicted octanol–water partition coefficient (Wildman–Crippen LogP) is 1.44. The van der Waals surface area contributed by atoms with E-state index in [2.05, 4.69) is 9.97 Å². The van der Waals surface area contributed by atoms with Gasteiger partial charge in [0.2, 0.25) is 0 Å². The third-order valence-corrected chi connectivity index (χ3v) is 3.38. The van der Waals surface area contributed by atoms with E-state index >= 15 is 0 Å². The zero-order valence-electron chi connectivity index (χ0n) is 11.0. The van der Waals surface area contributed by atoms with Crippen molar-refractivity contribution in [1.29, 1.82) is 0 Å². The third-order valence-electron chi connectivity index (χ3n) is 3.38. The van der Waals surface area contributed by atoms with Crippen LogP contribution in [0.25, 0.3) is 16.6 Å². The number of pyridine rings is 1. The molecule has 0 fully saturated rings. The molecular formula is C14H15N3O2. The van der Waals surface area contributed by atoms with Crippen molar-refractivity contribution in [3.8, 4) is 0 Å². The first-order chi connectivity index (χ1) is 9.16. The van der Waals surface area contributed by atoms with Crippen LogP contribution in [-0.4, -0.2) is 27.7 Å². The average Bonchev–Trinajstić information content (AvgIpc) is 2.44. The molecule has 0 N–H and O–H groups in total. The number of aryl methyl sites for hydroxylation is 2. The van der Waals surface area contributed by atoms with Crippen LogP contribution in [0.1, 0.15) is 17.8 Å². The summed E-state index contributed by atoms with van der Waals surface area (Å²) < 4.78 is 6.88. The fourth-order valence-corrected chi connectivity index (χ4v) is 2.33. The smallest absolute Gasteiger partial charge is 0.259 e. The van der Waals surface area contributed by atoms with E-state index in [4.69, 9.17) is 4.74 Å². The zero-order chi connectivity index (χ0) is 13.4. The Labute approximate surface area is 110 Å². The molecule has 0 atom stereocenters. The topological polar surface area (TPSA) is 57.0 Å². The van der Waals surface area contributed by atoms with Crippen molar-refractivity contribution in [3.63, 3.8) is 0 Å². The van der Waals surface area contributed by atoms with Gasteiger partial charge in [0, 0.05) is 24.2 Å². The van der Waals surface area contributed by atoms with Crippen molar-refractivity contribution in [3.05, 3.63) is 40.1 Å². The number of nitrogens with zero attached hydrogens (tertiary/aromatic N) is 3. The third kappa shape index (κ3) is 2.06. The lowest BCUT2D eigenvalue weighted by atomic mass is 10.0. The molecule has 1 aliphatic rings. The van der Waals surface area contributed by atoms with Crippen molar-refractivity contribution >= 4 is 16.6 Å². The van der Waals surface area contributed by atoms with E-state index in [0.717, 1.165) is 22.9 Å². The first-order valence-electron chi connectivity index (χ1n) is 6.27. The monoisotopic (exact) mass is 257 g/mol. The molecule has 0 unspecified atom stereocenters. The Kier molecular flexibility index (Phi) is 2.91. The molecule has 3 heterocycles. The molecular weight excluding hydrogens is 242 g/mol. The van der Waals surface area contributed by atoms with Crippen LogP contribution in [0.15, 0.2) is 23.1 Å². The summed E-state index contributed by atoms with van der Waals surface area (Å²) in [5, 5.41) is 0.884. The van der Waals surface area contributed by atoms with Gasteiger partial charge in [-0.3, -0.25) is 9.36 Å². The van der Waals surface area contributed by atoms with Crippen LogP contribution in [0, 0.1) is 6.92 Å². The van der Waals surface area contributed by atoms with Crippen LogP contribution >= 0.6 is 0 Å². The van der Waals surface area contributed by atoms with Gasteiger partial charge in [-0.25, -0.2) is 9.97 Å². The van der Waals surface area contributed by atoms with Crippen molar-refractivity contribution < 1.29 is 4.74 Å². The summed E-state index contributed by atoms with van der Waals surface area (Å²) >= 11 is 0. The van der Waals surface area contributed by atoms with E-state index in [9.17, 15) is 4.79 Å². The number of aromatic nitrogens is 3. The van der Waals surface area contributed by atoms with Crippen molar-refractivity contribution in [2.45, 2.75) is 13.3 Å². The molecule has 0 radical (unpaired) electrons. The van der Waals surface area contributed by atoms with Gasteiger partial charge in [-0.2, -0.15) is 0 Å². The van der Waals surface area contributed by atoms with Crippen molar-refractivity contribution in [2.24, 2.45) is 7.05 Å². The van der Waals surface area contributed by atoms with E-state index in [1.807, 2.05) is 19.1 Å². The number of ether oxygens (including phenoxy) is 1. The summed E-state index contributed by atoms with van der Waals surface area (Å²) in [6.07, 6.45) is 4.51. The summed E-state index contributed by atoms with van der Waals surface area (Å²) in [5.41, 5.74) is 2.44. The van der Waals surface area contributed by atoms with Crippen LogP contribution in [0.5, 0.6) is 0 Å². The summed E-state index contributed by atoms with van der Waals surface area (Å²) in [7, 11) is 1.75. The van der Waals surface area contributed by atoms with Gasteiger partial charge < -0.3 is 4.74 Å². The van der Waals surface area contributed by atoms with Gasteiger partial charge in [0.15, 0.2) is 0 Å². The molecule has 1 aliphatic heterocycles. The summed E-state index contributed by atoms with van der Waals surface area (Å²) in [5.74, 6) is 0.667. The Bertz CT molecular complexity index is 731. The molecule has 0 aliphatic carbocycles. The maximum absolute atomic E-state index is 12.4. The van der Waals surface area contributed by atoms with E-state index in [-0.39, 0.29) is 5.56 Å². The Morgan fingerprint density at radius 1 is 1.42 bits per heavy atom. The molecule has 2 aromatic rings. The fraction of sp³-hybridized carbons (Fsp3) is 0.357. The molecule has 0 saturated carbocycles. The largest absolute Gasteiger partial charge is 0.377 e. The molecule has 0 saturated heterocycles. The highest BCUT2D eigenvalue weighted by Crippen LogP contribution is 2.21. The number of hydrogen-bond acceptors (Lipinski definition) is 4. The van der Waals surface area contributed by atoms with Crippen LogP contribution in [0.3, 0.4) is 0 Å². The summed E-state index contributed by atoms with van der Waals surface area (Å²) in [6, 6.07) is 1.88. The highest BCUT2D eigenvalue weighted by atomic mass is 16.5. The lowest BCUT2D eigenvalue weighted by molar-refractivity contribution is 0.161. The molecule has 98 valence electrons. The highest BCUT2D eigenvalue weighted by molar-refractivity contribution is 5.80. The Morgan fingerprint density at radius 3 is 3.00 bits per heavy atom. The minimum absolute atomic E-state index is 0.0150. The fourth-order valence-electron chi connectivity index (χ4n) is 2.33. The van der Waals surface area contributed by atoms with Crippen LogP contribution < -0.4 is 5.56 Å². The first-order valence-corrected chi connectivity index (χ1v) is 6.27. The first kappa shape index (κ1) is 12.0. The van der Waals surface area contributed by atoms with E-state index in [1.54, 1.807) is 17.8 Å². The van der Waals surface area contributed by atoms with E-state index in [1.165, 1.54) is 0 Å². The van der Waals surface area contributed by atoms with Gasteiger partial charge >= 0.3 is 0 Å². The number of hydrogen-bond donors (Lipinski definition) is 0. The van der Waals surface area contributed by atoms with Crippen LogP contribution in [0.2, 0.25) is 0 Å². The molecule has 2 aromatic heterocycles. The lowest BCUT2D eigenvalue weighted by Crippen LogP contribution is -2.23. The molecule has 0 spiro atoms. The van der Waals surface area contributed by atoms with Gasteiger partial charge in [0.05, 0.1) is 13.2 Å². The van der Waals surface area contributed by atoms with E-state index in [0.29, 0.717) is 24.7 Å². The minimum atomic E-state index is -0.0150. The zero-order valence-corrected chi connectivity index (χ0v) is 11.0. The molecule has 0 bridgehead atoms. The lowest BCUT2D eigenvalue weighted by Gasteiger charge is -2.15. The second-order valence-electron chi connectivity index (χ2n) is 4.67. The molecule has 19 heavy (non-hydrogen) atoms. The number of fused-ring (bicyclic) bond motifs is 1. The second kappa shape index (κ2) is 4.59. The Balaban J connectivity index is 2.27. The standard InChI is InChI=1S/C14H15N3O2/c1-9-15-8-11-7-12(10-3-5-19-6-4-10)14(18)17(2)13(11)16-9/h3,7-8H,4-6H2,1-2H3. The summed E-state index contributed by atoms with van der Waals surface area (Å²) in [6.45, 7) is 3.05. The average molecular weight is 257 g/mol. The van der Waals surface area contributed by atoms with Crippen molar-refractivity contribution in [2.75, 3.05) is 13.2 Å². The van der Waals surface area contributed by atoms with Gasteiger partial charge in [0.25, 0.3) is 5.56 Å². The molecule has 3 rings (SSSR count). The normalized spacial score (nSPS) is 15.6. The maximum atomic E-state index is 12.4. The SMILES string of the molecule is Cc1ncc2cc(C3=CCOCC3)c(=O)n(C)c2n1. The van der Waals surface area contributed by atoms with Crippen LogP contribution in [-0.2, 0) is 11.8 Å². The number of rotatable bonds is 1. The van der Waals surface area contributed by atoms with Crippen molar-refractivity contribution in [1.82, 2.24) is 14.5 Å². The Morgan fingerprint density at radius 2 is 2.26 bits per heavy atom. The minimum Gasteiger partial charge on any atom is -0.377 e. The van der Waals surface area contributed by atoms with Gasteiger partial charge in [-0.05, 0) is 25.0 Å². The summed E-state index contributed by atoms with van der Waals surface area (Å²) in [4.78, 5) is 20.9. The molecule has 0 aromatic carbocycles.